The number of aromatic nitrogens is 1. The predicted octanol–water partition coefficient (Wildman–Crippen LogP) is 4.87. The molecule has 0 spiro atoms. The van der Waals surface area contributed by atoms with E-state index in [-0.39, 0.29) is 5.57 Å². The van der Waals surface area contributed by atoms with Gasteiger partial charge in [0.15, 0.2) is 0 Å². The molecular weight excluding hydrogens is 322 g/mol. The minimum atomic E-state index is -0.423. The van der Waals surface area contributed by atoms with Crippen LogP contribution in [0.3, 0.4) is 0 Å². The molecule has 4 rings (SSSR count). The van der Waals surface area contributed by atoms with Crippen LogP contribution in [0.5, 0.6) is 0 Å². The quantitative estimate of drug-likeness (QED) is 0.414. The lowest BCUT2D eigenvalue weighted by molar-refractivity contribution is -0.112. The average molecular weight is 337 g/mol. The minimum Gasteiger partial charge on any atom is -0.361 e. The molecule has 4 nitrogen and oxygen atoms in total. The van der Waals surface area contributed by atoms with E-state index >= 15 is 0 Å². The van der Waals surface area contributed by atoms with Crippen molar-refractivity contribution in [2.75, 3.05) is 5.32 Å². The number of fused-ring (bicyclic) bond motifs is 2. The van der Waals surface area contributed by atoms with Crippen molar-refractivity contribution in [1.82, 2.24) is 4.98 Å². The number of aromatic amines is 1. The summed E-state index contributed by atoms with van der Waals surface area (Å²) in [4.78, 5) is 15.7. The number of hydrogen-bond acceptors (Lipinski definition) is 2. The molecule has 0 aliphatic rings. The molecule has 2 N–H and O–H groups in total. The minimum absolute atomic E-state index is 0.0583. The van der Waals surface area contributed by atoms with E-state index in [1.165, 1.54) is 0 Å². The van der Waals surface area contributed by atoms with Gasteiger partial charge in [0.05, 0.1) is 0 Å². The zero-order valence-corrected chi connectivity index (χ0v) is 13.9. The Kier molecular flexibility index (Phi) is 3.97. The van der Waals surface area contributed by atoms with Crippen molar-refractivity contribution in [2.24, 2.45) is 0 Å². The summed E-state index contributed by atoms with van der Waals surface area (Å²) in [5, 5.41) is 15.3. The fourth-order valence-electron chi connectivity index (χ4n) is 2.98. The van der Waals surface area contributed by atoms with Crippen molar-refractivity contribution < 1.29 is 4.79 Å². The van der Waals surface area contributed by atoms with Gasteiger partial charge >= 0.3 is 0 Å². The van der Waals surface area contributed by atoms with Crippen LogP contribution in [0.15, 0.2) is 78.5 Å². The number of anilines is 1. The third-order valence-corrected chi connectivity index (χ3v) is 4.29. The van der Waals surface area contributed by atoms with E-state index in [9.17, 15) is 10.1 Å². The molecule has 0 unspecified atom stereocenters. The van der Waals surface area contributed by atoms with E-state index in [0.29, 0.717) is 5.69 Å². The molecular formula is C22H15N3O. The van der Waals surface area contributed by atoms with Crippen molar-refractivity contribution in [3.05, 3.63) is 84.1 Å². The Labute approximate surface area is 150 Å². The number of hydrogen-bond donors (Lipinski definition) is 2. The van der Waals surface area contributed by atoms with E-state index in [1.54, 1.807) is 12.3 Å². The summed E-state index contributed by atoms with van der Waals surface area (Å²) in [7, 11) is 0. The number of carbonyl (C=O) groups is 1. The van der Waals surface area contributed by atoms with E-state index in [1.807, 2.05) is 72.8 Å². The van der Waals surface area contributed by atoms with Crippen LogP contribution in [0.25, 0.3) is 27.8 Å². The van der Waals surface area contributed by atoms with E-state index in [2.05, 4.69) is 10.3 Å². The first kappa shape index (κ1) is 15.7. The van der Waals surface area contributed by atoms with Gasteiger partial charge in [-0.2, -0.15) is 5.26 Å². The van der Waals surface area contributed by atoms with Crippen LogP contribution in [-0.2, 0) is 4.79 Å². The molecule has 0 saturated carbocycles. The van der Waals surface area contributed by atoms with Gasteiger partial charge in [0.2, 0.25) is 0 Å². The SMILES string of the molecule is N#C/C(=C/c1c[nH]c2ccccc12)C(=O)Nc1ccc2ccccc2c1. The normalized spacial score (nSPS) is 11.4. The van der Waals surface area contributed by atoms with Crippen molar-refractivity contribution in [1.29, 1.82) is 5.26 Å². The lowest BCUT2D eigenvalue weighted by atomic mass is 10.1. The number of carbonyl (C=O) groups excluding carboxylic acids is 1. The third kappa shape index (κ3) is 2.94. The molecule has 1 amide bonds. The number of nitrogens with zero attached hydrogens (tertiary/aromatic N) is 1. The molecule has 1 heterocycles. The predicted molar refractivity (Wildman–Crippen MR) is 104 cm³/mol. The number of amides is 1. The zero-order valence-electron chi connectivity index (χ0n) is 13.9. The van der Waals surface area contributed by atoms with Gasteiger partial charge < -0.3 is 10.3 Å². The van der Waals surface area contributed by atoms with Crippen LogP contribution in [0.1, 0.15) is 5.56 Å². The second kappa shape index (κ2) is 6.58. The first-order valence-electron chi connectivity index (χ1n) is 8.23. The Balaban J connectivity index is 1.63. The molecule has 4 aromatic rings. The Morgan fingerprint density at radius 1 is 1.00 bits per heavy atom. The number of benzene rings is 3. The Bertz CT molecular complexity index is 1190. The van der Waals surface area contributed by atoms with Gasteiger partial charge in [0.25, 0.3) is 5.91 Å². The molecule has 0 aliphatic heterocycles. The Morgan fingerprint density at radius 2 is 1.77 bits per heavy atom. The molecule has 3 aromatic carbocycles. The molecule has 0 saturated heterocycles. The van der Waals surface area contributed by atoms with E-state index in [4.69, 9.17) is 0 Å². The van der Waals surface area contributed by atoms with Crippen molar-refractivity contribution in [3.8, 4) is 6.07 Å². The largest absolute Gasteiger partial charge is 0.361 e. The zero-order chi connectivity index (χ0) is 17.9. The topological polar surface area (TPSA) is 68.7 Å². The van der Waals surface area contributed by atoms with Gasteiger partial charge in [0, 0.05) is 28.4 Å². The van der Waals surface area contributed by atoms with E-state index in [0.717, 1.165) is 27.2 Å². The van der Waals surface area contributed by atoms with Gasteiger partial charge in [-0.05, 0) is 35.0 Å². The van der Waals surface area contributed by atoms with Gasteiger partial charge in [-0.25, -0.2) is 0 Å². The maximum absolute atomic E-state index is 12.5. The van der Waals surface area contributed by atoms with Crippen LogP contribution in [0.4, 0.5) is 5.69 Å². The highest BCUT2D eigenvalue weighted by atomic mass is 16.1. The average Bonchev–Trinajstić information content (AvgIpc) is 3.09. The maximum atomic E-state index is 12.5. The highest BCUT2D eigenvalue weighted by molar-refractivity contribution is 6.11. The van der Waals surface area contributed by atoms with Gasteiger partial charge in [-0.15, -0.1) is 0 Å². The van der Waals surface area contributed by atoms with Crippen molar-refractivity contribution >= 4 is 39.3 Å². The van der Waals surface area contributed by atoms with Gasteiger partial charge in [0.1, 0.15) is 11.6 Å². The highest BCUT2D eigenvalue weighted by Crippen LogP contribution is 2.22. The van der Waals surface area contributed by atoms with Crippen LogP contribution < -0.4 is 5.32 Å². The Morgan fingerprint density at radius 3 is 2.62 bits per heavy atom. The summed E-state index contributed by atoms with van der Waals surface area (Å²) in [5.74, 6) is -0.423. The maximum Gasteiger partial charge on any atom is 0.266 e. The highest BCUT2D eigenvalue weighted by Gasteiger charge is 2.11. The van der Waals surface area contributed by atoms with Gasteiger partial charge in [-0.1, -0.05) is 48.5 Å². The second-order valence-electron chi connectivity index (χ2n) is 5.98. The summed E-state index contributed by atoms with van der Waals surface area (Å²) in [6.45, 7) is 0. The second-order valence-corrected chi connectivity index (χ2v) is 5.98. The number of nitrogens with one attached hydrogen (secondary N) is 2. The molecule has 26 heavy (non-hydrogen) atoms. The van der Waals surface area contributed by atoms with Crippen LogP contribution in [0.2, 0.25) is 0 Å². The fraction of sp³-hybridized carbons (Fsp3) is 0. The molecule has 1 aromatic heterocycles. The molecule has 4 heteroatoms. The number of para-hydroxylation sites is 1. The molecule has 0 aliphatic carbocycles. The Hall–Kier alpha value is -3.84. The van der Waals surface area contributed by atoms with E-state index < -0.39 is 5.91 Å². The van der Waals surface area contributed by atoms with Crippen LogP contribution in [-0.4, -0.2) is 10.9 Å². The lowest BCUT2D eigenvalue weighted by Gasteiger charge is -2.06. The fourth-order valence-corrected chi connectivity index (χ4v) is 2.98. The first-order valence-corrected chi connectivity index (χ1v) is 8.23. The molecule has 0 fully saturated rings. The molecule has 0 atom stereocenters. The smallest absolute Gasteiger partial charge is 0.266 e. The number of nitriles is 1. The van der Waals surface area contributed by atoms with Gasteiger partial charge in [-0.3, -0.25) is 4.79 Å². The number of H-pyrrole nitrogens is 1. The van der Waals surface area contributed by atoms with Crippen molar-refractivity contribution in [2.45, 2.75) is 0 Å². The summed E-state index contributed by atoms with van der Waals surface area (Å²) in [5.41, 5.74) is 2.49. The summed E-state index contributed by atoms with van der Waals surface area (Å²) >= 11 is 0. The summed E-state index contributed by atoms with van der Waals surface area (Å²) in [6, 6.07) is 23.4. The molecule has 124 valence electrons. The molecule has 0 bridgehead atoms. The third-order valence-electron chi connectivity index (χ3n) is 4.29. The van der Waals surface area contributed by atoms with Crippen LogP contribution in [0, 0.1) is 11.3 Å². The lowest BCUT2D eigenvalue weighted by Crippen LogP contribution is -2.13. The molecule has 0 radical (unpaired) electrons. The number of rotatable bonds is 3. The summed E-state index contributed by atoms with van der Waals surface area (Å²) < 4.78 is 0. The standard InChI is InChI=1S/C22H15N3O/c23-13-17(11-18-14-24-21-8-4-3-7-20(18)21)22(26)25-19-10-9-15-5-1-2-6-16(15)12-19/h1-12,14,24H,(H,25,26)/b17-11-. The monoisotopic (exact) mass is 337 g/mol. The van der Waals surface area contributed by atoms with Crippen LogP contribution >= 0.6 is 0 Å². The summed E-state index contributed by atoms with van der Waals surface area (Å²) in [6.07, 6.45) is 3.40. The van der Waals surface area contributed by atoms with Crippen molar-refractivity contribution in [3.63, 3.8) is 0 Å². The first-order chi connectivity index (χ1) is 12.7.